The summed E-state index contributed by atoms with van der Waals surface area (Å²) in [5.41, 5.74) is 0.627. The van der Waals surface area contributed by atoms with Crippen molar-refractivity contribution in [3.05, 3.63) is 35.9 Å². The molecule has 1 aromatic carbocycles. The van der Waals surface area contributed by atoms with Gasteiger partial charge in [0.1, 0.15) is 6.04 Å². The van der Waals surface area contributed by atoms with Gasteiger partial charge in [0, 0.05) is 23.7 Å². The highest BCUT2D eigenvalue weighted by atomic mass is 32.2. The molecular formula is C19H24NO4S+. The summed E-state index contributed by atoms with van der Waals surface area (Å²) in [7, 11) is 0. The predicted molar refractivity (Wildman–Crippen MR) is 96.3 cm³/mol. The topological polar surface area (TPSA) is 71.4 Å². The van der Waals surface area contributed by atoms with Gasteiger partial charge in [-0.3, -0.25) is 4.79 Å². The lowest BCUT2D eigenvalue weighted by molar-refractivity contribution is -0.794. The molecule has 25 heavy (non-hydrogen) atoms. The summed E-state index contributed by atoms with van der Waals surface area (Å²) in [5.74, 6) is -0.553. The Kier molecular flexibility index (Phi) is 5.29. The molecule has 1 N–H and O–H groups in total. The van der Waals surface area contributed by atoms with Crippen LogP contribution < -0.4 is 0 Å². The number of carbonyl (C=O) groups excluding carboxylic acids is 2. The number of benzene rings is 1. The van der Waals surface area contributed by atoms with Crippen LogP contribution in [0.25, 0.3) is 0 Å². The lowest BCUT2D eigenvalue weighted by Crippen LogP contribution is -2.61. The highest BCUT2D eigenvalue weighted by Gasteiger charge is 2.57. The number of carbonyl (C=O) groups is 3. The van der Waals surface area contributed by atoms with E-state index in [1.165, 1.54) is 11.8 Å². The lowest BCUT2D eigenvalue weighted by Gasteiger charge is -2.33. The third-order valence-electron chi connectivity index (χ3n) is 5.66. The molecular weight excluding hydrogens is 338 g/mol. The van der Waals surface area contributed by atoms with Crippen LogP contribution in [-0.2, 0) is 4.79 Å². The molecule has 0 aromatic heterocycles. The number of hydrogen-bond donors (Lipinski definition) is 1. The molecule has 3 rings (SSSR count). The standard InChI is InChI=1S/C19H23NO4S/c1-13-7-6-12-20(13,19(23)24)17(21)15-10-5-11-16(15)25-18(22)14-8-3-2-4-9-14/h2-4,8-9,13,15-16H,5-7,10-12H2,1H3/p+1/t13-,15?,16?,20?/m1/s1. The van der Waals surface area contributed by atoms with E-state index in [0.29, 0.717) is 18.5 Å². The molecule has 0 bridgehead atoms. The van der Waals surface area contributed by atoms with Gasteiger partial charge in [-0.25, -0.2) is 4.79 Å². The third kappa shape index (κ3) is 3.25. The summed E-state index contributed by atoms with van der Waals surface area (Å²) in [5, 5.41) is 9.63. The van der Waals surface area contributed by atoms with Gasteiger partial charge in [-0.15, -0.1) is 0 Å². The van der Waals surface area contributed by atoms with Crippen LogP contribution >= 0.6 is 11.8 Å². The first kappa shape index (κ1) is 18.1. The average molecular weight is 362 g/mol. The van der Waals surface area contributed by atoms with Crippen molar-refractivity contribution in [1.82, 2.24) is 0 Å². The van der Waals surface area contributed by atoms with Gasteiger partial charge in [0.05, 0.1) is 12.5 Å². The number of nitrogens with zero attached hydrogens (tertiary/aromatic N) is 1. The van der Waals surface area contributed by atoms with Gasteiger partial charge in [0.25, 0.3) is 0 Å². The summed E-state index contributed by atoms with van der Waals surface area (Å²) in [6.07, 6.45) is 2.80. The first-order valence-corrected chi connectivity index (χ1v) is 9.76. The normalized spacial score (nSPS) is 31.8. The van der Waals surface area contributed by atoms with Gasteiger partial charge in [0.2, 0.25) is 5.12 Å². The number of imide groups is 1. The largest absolute Gasteiger partial charge is 0.521 e. The van der Waals surface area contributed by atoms with E-state index in [0.717, 1.165) is 25.7 Å². The smallest absolute Gasteiger partial charge is 0.435 e. The Balaban J connectivity index is 1.78. The van der Waals surface area contributed by atoms with E-state index in [4.69, 9.17) is 0 Å². The van der Waals surface area contributed by atoms with Gasteiger partial charge in [-0.1, -0.05) is 48.5 Å². The van der Waals surface area contributed by atoms with Crippen molar-refractivity contribution < 1.29 is 24.0 Å². The zero-order valence-corrected chi connectivity index (χ0v) is 15.2. The molecule has 3 unspecified atom stereocenters. The number of likely N-dealkylation sites (tertiary alicyclic amines) is 1. The fourth-order valence-electron chi connectivity index (χ4n) is 4.21. The van der Waals surface area contributed by atoms with Gasteiger partial charge in [-0.05, 0) is 19.8 Å². The molecule has 0 radical (unpaired) electrons. The fraction of sp³-hybridized carbons (Fsp3) is 0.526. The van der Waals surface area contributed by atoms with Gasteiger partial charge >= 0.3 is 12.0 Å². The first-order valence-electron chi connectivity index (χ1n) is 8.88. The molecule has 2 fully saturated rings. The minimum Gasteiger partial charge on any atom is -0.435 e. The number of amides is 2. The van der Waals surface area contributed by atoms with E-state index in [1.807, 2.05) is 25.1 Å². The van der Waals surface area contributed by atoms with Crippen LogP contribution in [0.3, 0.4) is 0 Å². The SMILES string of the molecule is C[C@@H]1CCC[N+]1(C(=O)O)C(=O)C1CCCC1SC(=O)c1ccccc1. The van der Waals surface area contributed by atoms with Crippen molar-refractivity contribution in [2.75, 3.05) is 6.54 Å². The Bertz CT molecular complexity index is 677. The highest BCUT2D eigenvalue weighted by Crippen LogP contribution is 2.41. The molecule has 1 heterocycles. The van der Waals surface area contributed by atoms with E-state index in [-0.39, 0.29) is 28.2 Å². The number of quaternary nitrogens is 1. The van der Waals surface area contributed by atoms with Crippen molar-refractivity contribution in [3.8, 4) is 0 Å². The Labute approximate surface area is 152 Å². The van der Waals surface area contributed by atoms with Crippen molar-refractivity contribution in [2.45, 2.75) is 50.3 Å². The van der Waals surface area contributed by atoms with Crippen LogP contribution in [0, 0.1) is 5.92 Å². The first-order chi connectivity index (χ1) is 12.0. The molecule has 2 amide bonds. The van der Waals surface area contributed by atoms with E-state index < -0.39 is 10.6 Å². The quantitative estimate of drug-likeness (QED) is 0.825. The monoisotopic (exact) mass is 362 g/mol. The molecule has 5 nitrogen and oxygen atoms in total. The summed E-state index contributed by atoms with van der Waals surface area (Å²) < 4.78 is -0.457. The average Bonchev–Trinajstić information content (AvgIpc) is 3.22. The van der Waals surface area contributed by atoms with Crippen LogP contribution in [-0.4, -0.2) is 44.5 Å². The summed E-state index contributed by atoms with van der Waals surface area (Å²) in [6.45, 7) is 2.22. The second-order valence-corrected chi connectivity index (χ2v) is 8.26. The number of carboxylic acid groups (broad SMARTS) is 1. The van der Waals surface area contributed by atoms with Crippen molar-refractivity contribution in [3.63, 3.8) is 0 Å². The van der Waals surface area contributed by atoms with Crippen LogP contribution in [0.1, 0.15) is 49.4 Å². The molecule has 2 aliphatic rings. The van der Waals surface area contributed by atoms with Crippen molar-refractivity contribution in [1.29, 1.82) is 0 Å². The zero-order valence-electron chi connectivity index (χ0n) is 14.4. The highest BCUT2D eigenvalue weighted by molar-refractivity contribution is 8.14. The number of hydrogen-bond acceptors (Lipinski definition) is 4. The van der Waals surface area contributed by atoms with Gasteiger partial charge in [0.15, 0.2) is 0 Å². The second kappa shape index (κ2) is 7.30. The van der Waals surface area contributed by atoms with Gasteiger partial charge < -0.3 is 5.11 Å². The molecule has 6 heteroatoms. The number of thioether (sulfide) groups is 1. The minimum absolute atomic E-state index is 0.0401. The number of rotatable bonds is 3. The maximum atomic E-state index is 13.2. The van der Waals surface area contributed by atoms with Crippen molar-refractivity contribution in [2.24, 2.45) is 5.92 Å². The minimum atomic E-state index is -1.04. The van der Waals surface area contributed by atoms with E-state index in [2.05, 4.69) is 0 Å². The molecule has 134 valence electrons. The summed E-state index contributed by atoms with van der Waals surface area (Å²) in [6, 6.07) is 8.85. The van der Waals surface area contributed by atoms with Crippen molar-refractivity contribution >= 4 is 28.9 Å². The Morgan fingerprint density at radius 3 is 2.40 bits per heavy atom. The molecule has 1 aromatic rings. The molecule has 1 saturated heterocycles. The van der Waals surface area contributed by atoms with Crippen LogP contribution in [0.5, 0.6) is 0 Å². The third-order valence-corrected chi connectivity index (χ3v) is 6.97. The van der Waals surface area contributed by atoms with Gasteiger partial charge in [-0.2, -0.15) is 9.28 Å². The zero-order chi connectivity index (χ0) is 18.0. The summed E-state index contributed by atoms with van der Waals surface area (Å²) >= 11 is 1.20. The Morgan fingerprint density at radius 1 is 1.08 bits per heavy atom. The molecule has 1 aliphatic carbocycles. The fourth-order valence-corrected chi connectivity index (χ4v) is 5.46. The maximum Gasteiger partial charge on any atom is 0.521 e. The van der Waals surface area contributed by atoms with E-state index in [9.17, 15) is 19.5 Å². The molecule has 0 spiro atoms. The van der Waals surface area contributed by atoms with E-state index in [1.54, 1.807) is 12.1 Å². The maximum absolute atomic E-state index is 13.2. The van der Waals surface area contributed by atoms with Crippen LogP contribution in [0.4, 0.5) is 4.79 Å². The van der Waals surface area contributed by atoms with Crippen LogP contribution in [0.15, 0.2) is 30.3 Å². The molecule has 1 saturated carbocycles. The Hall–Kier alpha value is -1.66. The summed E-state index contributed by atoms with van der Waals surface area (Å²) in [4.78, 5) is 37.7. The molecule has 4 atom stereocenters. The lowest BCUT2D eigenvalue weighted by atomic mass is 10.0. The van der Waals surface area contributed by atoms with E-state index >= 15 is 0 Å². The second-order valence-electron chi connectivity index (χ2n) is 7.05. The predicted octanol–water partition coefficient (Wildman–Crippen LogP) is 3.93. The Morgan fingerprint density at radius 2 is 1.80 bits per heavy atom. The van der Waals surface area contributed by atoms with Crippen LogP contribution in [0.2, 0.25) is 0 Å². The molecule has 1 aliphatic heterocycles.